The van der Waals surface area contributed by atoms with Crippen LogP contribution in [0.4, 0.5) is 0 Å². The minimum absolute atomic E-state index is 0.0156. The Bertz CT molecular complexity index is 1030. The van der Waals surface area contributed by atoms with Gasteiger partial charge in [0.25, 0.3) is 0 Å². The highest BCUT2D eigenvalue weighted by atomic mass is 14.5. The maximum atomic E-state index is 10.2. The SMILES string of the molecule is C=CCC(C#N)(C#N)C1=C(C(/C=C/c2ccccc2)c2ccccc2)CCCC1(C)C. The lowest BCUT2D eigenvalue weighted by Crippen LogP contribution is -2.34. The summed E-state index contributed by atoms with van der Waals surface area (Å²) in [5, 5.41) is 20.4. The summed E-state index contributed by atoms with van der Waals surface area (Å²) >= 11 is 0. The number of benzene rings is 2. The van der Waals surface area contributed by atoms with Crippen molar-refractivity contribution < 1.29 is 0 Å². The molecule has 0 fully saturated rings. The highest BCUT2D eigenvalue weighted by Gasteiger charge is 2.46. The molecule has 0 N–H and O–H groups in total. The minimum Gasteiger partial charge on any atom is -0.196 e. The molecule has 0 saturated carbocycles. The molecule has 0 amide bonds. The van der Waals surface area contributed by atoms with E-state index in [0.717, 1.165) is 30.4 Å². The summed E-state index contributed by atoms with van der Waals surface area (Å²) < 4.78 is 0. The van der Waals surface area contributed by atoms with Crippen molar-refractivity contribution in [2.24, 2.45) is 10.8 Å². The van der Waals surface area contributed by atoms with E-state index in [0.29, 0.717) is 6.42 Å². The van der Waals surface area contributed by atoms with E-state index in [9.17, 15) is 10.5 Å². The molecule has 1 aliphatic carbocycles. The number of nitrogens with zero attached hydrogens (tertiary/aromatic N) is 2. The van der Waals surface area contributed by atoms with Crippen LogP contribution in [-0.2, 0) is 0 Å². The highest BCUT2D eigenvalue weighted by molar-refractivity contribution is 5.55. The molecule has 2 heteroatoms. The molecule has 2 aromatic carbocycles. The van der Waals surface area contributed by atoms with Crippen molar-refractivity contribution in [3.05, 3.63) is 102 Å². The van der Waals surface area contributed by atoms with E-state index < -0.39 is 5.41 Å². The van der Waals surface area contributed by atoms with E-state index in [2.05, 4.69) is 81.1 Å². The summed E-state index contributed by atoms with van der Waals surface area (Å²) in [4.78, 5) is 0. The number of hydrogen-bond donors (Lipinski definition) is 0. The Hall–Kier alpha value is -3.36. The van der Waals surface area contributed by atoms with Gasteiger partial charge < -0.3 is 0 Å². The molecule has 0 spiro atoms. The van der Waals surface area contributed by atoms with E-state index in [1.807, 2.05) is 24.3 Å². The molecule has 2 aromatic rings. The lowest BCUT2D eigenvalue weighted by atomic mass is 9.59. The van der Waals surface area contributed by atoms with Gasteiger partial charge in [0.1, 0.15) is 0 Å². The van der Waals surface area contributed by atoms with Crippen LogP contribution in [-0.4, -0.2) is 0 Å². The van der Waals surface area contributed by atoms with Crippen LogP contribution in [0.3, 0.4) is 0 Å². The third-order valence-electron chi connectivity index (χ3n) is 6.32. The van der Waals surface area contributed by atoms with Crippen LogP contribution < -0.4 is 0 Å². The molecule has 3 rings (SSSR count). The summed E-state index contributed by atoms with van der Waals surface area (Å²) in [6.45, 7) is 8.20. The maximum absolute atomic E-state index is 10.2. The van der Waals surface area contributed by atoms with Gasteiger partial charge in [-0.3, -0.25) is 0 Å². The van der Waals surface area contributed by atoms with Gasteiger partial charge in [-0.25, -0.2) is 0 Å². The van der Waals surface area contributed by atoms with Crippen molar-refractivity contribution in [3.8, 4) is 12.1 Å². The third kappa shape index (κ3) is 4.70. The topological polar surface area (TPSA) is 47.6 Å². The van der Waals surface area contributed by atoms with Crippen LogP contribution in [0.25, 0.3) is 6.08 Å². The van der Waals surface area contributed by atoms with Gasteiger partial charge in [-0.15, -0.1) is 6.58 Å². The third-order valence-corrected chi connectivity index (χ3v) is 6.32. The smallest absolute Gasteiger partial charge is 0.168 e. The summed E-state index contributed by atoms with van der Waals surface area (Å²) in [5.74, 6) is 0.0156. The van der Waals surface area contributed by atoms with Crippen LogP contribution in [0, 0.1) is 33.5 Å². The van der Waals surface area contributed by atoms with Gasteiger partial charge in [-0.1, -0.05) is 98.3 Å². The zero-order chi connectivity index (χ0) is 22.3. The molecule has 31 heavy (non-hydrogen) atoms. The monoisotopic (exact) mass is 406 g/mol. The van der Waals surface area contributed by atoms with Crippen LogP contribution in [0.1, 0.15) is 56.6 Å². The second-order valence-corrected chi connectivity index (χ2v) is 8.92. The van der Waals surface area contributed by atoms with Crippen LogP contribution in [0.5, 0.6) is 0 Å². The molecule has 0 bridgehead atoms. The van der Waals surface area contributed by atoms with Crippen LogP contribution in [0.2, 0.25) is 0 Å². The molecule has 1 unspecified atom stereocenters. The molecular weight excluding hydrogens is 376 g/mol. The van der Waals surface area contributed by atoms with E-state index in [1.165, 1.54) is 11.1 Å². The Kier molecular flexibility index (Phi) is 6.94. The summed E-state index contributed by atoms with van der Waals surface area (Å²) in [7, 11) is 0. The molecule has 0 aliphatic heterocycles. The maximum Gasteiger partial charge on any atom is 0.168 e. The Morgan fingerprint density at radius 2 is 1.65 bits per heavy atom. The molecule has 0 saturated heterocycles. The Morgan fingerprint density at radius 3 is 2.23 bits per heavy atom. The van der Waals surface area contributed by atoms with Crippen LogP contribution in [0.15, 0.2) is 90.5 Å². The molecule has 0 radical (unpaired) electrons. The molecule has 1 atom stereocenters. The Morgan fingerprint density at radius 1 is 1.03 bits per heavy atom. The molecule has 1 aliphatic rings. The molecule has 0 heterocycles. The standard InChI is InChI=1S/C29H30N2/c1-4-19-29(21-30,22-31)27-26(16-11-20-28(27,2)3)25(24-14-9-6-10-15-24)18-17-23-12-7-5-8-13-23/h4-10,12-15,17-18,25H,1,11,16,19-20H2,2-3H3/b18-17+. The summed E-state index contributed by atoms with van der Waals surface area (Å²) in [6.07, 6.45) is 9.34. The van der Waals surface area contributed by atoms with Crippen molar-refractivity contribution in [2.45, 2.75) is 45.4 Å². The number of nitriles is 2. The van der Waals surface area contributed by atoms with E-state index in [4.69, 9.17) is 0 Å². The van der Waals surface area contributed by atoms with Crippen molar-refractivity contribution in [3.63, 3.8) is 0 Å². The van der Waals surface area contributed by atoms with Gasteiger partial charge in [0, 0.05) is 12.3 Å². The number of rotatable bonds is 7. The van der Waals surface area contributed by atoms with E-state index in [-0.39, 0.29) is 11.3 Å². The number of allylic oxidation sites excluding steroid dienone is 4. The second-order valence-electron chi connectivity index (χ2n) is 8.92. The van der Waals surface area contributed by atoms with Crippen molar-refractivity contribution in [1.82, 2.24) is 0 Å². The molecule has 156 valence electrons. The van der Waals surface area contributed by atoms with Gasteiger partial charge in [-0.05, 0) is 41.4 Å². The fraction of sp³-hybridized carbons (Fsp3) is 0.310. The van der Waals surface area contributed by atoms with Gasteiger partial charge in [0.05, 0.1) is 12.1 Å². The van der Waals surface area contributed by atoms with Crippen molar-refractivity contribution >= 4 is 6.08 Å². The fourth-order valence-electron chi connectivity index (χ4n) is 4.98. The fourth-order valence-corrected chi connectivity index (χ4v) is 4.98. The van der Waals surface area contributed by atoms with E-state index in [1.54, 1.807) is 6.08 Å². The molecule has 0 aromatic heterocycles. The second kappa shape index (κ2) is 9.63. The van der Waals surface area contributed by atoms with Gasteiger partial charge in [0.15, 0.2) is 5.41 Å². The van der Waals surface area contributed by atoms with Crippen molar-refractivity contribution in [2.75, 3.05) is 0 Å². The predicted molar refractivity (Wildman–Crippen MR) is 128 cm³/mol. The molecule has 2 nitrogen and oxygen atoms in total. The summed E-state index contributed by atoms with van der Waals surface area (Å²) in [6, 6.07) is 25.4. The average molecular weight is 407 g/mol. The van der Waals surface area contributed by atoms with Gasteiger partial charge in [0.2, 0.25) is 0 Å². The van der Waals surface area contributed by atoms with Crippen molar-refractivity contribution in [1.29, 1.82) is 10.5 Å². The number of hydrogen-bond acceptors (Lipinski definition) is 2. The molecular formula is C29H30N2. The first-order valence-electron chi connectivity index (χ1n) is 10.9. The highest BCUT2D eigenvalue weighted by Crippen LogP contribution is 2.53. The Labute approximate surface area is 186 Å². The van der Waals surface area contributed by atoms with Gasteiger partial charge >= 0.3 is 0 Å². The first-order chi connectivity index (χ1) is 15.0. The quantitative estimate of drug-likeness (QED) is 0.444. The Balaban J connectivity index is 2.26. The predicted octanol–water partition coefficient (Wildman–Crippen LogP) is 7.60. The zero-order valence-corrected chi connectivity index (χ0v) is 18.5. The van der Waals surface area contributed by atoms with Crippen LogP contribution >= 0.6 is 0 Å². The largest absolute Gasteiger partial charge is 0.196 e. The minimum atomic E-state index is -1.19. The lowest BCUT2D eigenvalue weighted by Gasteiger charge is -2.42. The average Bonchev–Trinajstić information content (AvgIpc) is 2.79. The zero-order valence-electron chi connectivity index (χ0n) is 18.5. The summed E-state index contributed by atoms with van der Waals surface area (Å²) in [5.41, 5.74) is 3.11. The van der Waals surface area contributed by atoms with Gasteiger partial charge in [-0.2, -0.15) is 10.5 Å². The van der Waals surface area contributed by atoms with E-state index >= 15 is 0 Å². The first-order valence-corrected chi connectivity index (χ1v) is 10.9. The first kappa shape index (κ1) is 22.3. The lowest BCUT2D eigenvalue weighted by molar-refractivity contribution is 0.311. The normalized spacial score (nSPS) is 17.0.